The molecule has 1 spiro atoms. The molecule has 3 saturated heterocycles. The van der Waals surface area contributed by atoms with Crippen molar-refractivity contribution in [2.75, 3.05) is 50.7 Å². The van der Waals surface area contributed by atoms with Crippen molar-refractivity contribution in [3.8, 4) is 0 Å². The van der Waals surface area contributed by atoms with Gasteiger partial charge in [-0.05, 0) is 49.8 Å². The van der Waals surface area contributed by atoms with Crippen molar-refractivity contribution in [1.82, 2.24) is 24.6 Å². The van der Waals surface area contributed by atoms with E-state index in [-0.39, 0.29) is 0 Å². The molecule has 0 amide bonds. The molecule has 2 aromatic heterocycles. The number of nitrogens with one attached hydrogen (secondary N) is 1. The first-order valence-electron chi connectivity index (χ1n) is 12.3. The lowest BCUT2D eigenvalue weighted by Crippen LogP contribution is -2.71. The quantitative estimate of drug-likeness (QED) is 0.669. The van der Waals surface area contributed by atoms with Crippen LogP contribution in [-0.4, -0.2) is 77.3 Å². The Bertz CT molecular complexity index is 1120. The Morgan fingerprint density at radius 1 is 1.00 bits per heavy atom. The van der Waals surface area contributed by atoms with Crippen molar-refractivity contribution >= 4 is 22.6 Å². The van der Waals surface area contributed by atoms with Crippen LogP contribution in [0.3, 0.4) is 0 Å². The average molecular weight is 433 g/mol. The lowest BCUT2D eigenvalue weighted by atomic mass is 9.73. The van der Waals surface area contributed by atoms with E-state index < -0.39 is 0 Å². The molecule has 7 nitrogen and oxygen atoms in total. The van der Waals surface area contributed by atoms with Gasteiger partial charge in [-0.2, -0.15) is 4.98 Å². The average Bonchev–Trinajstić information content (AvgIpc) is 3.10. The number of aromatic nitrogens is 3. The Morgan fingerprint density at radius 2 is 1.81 bits per heavy atom. The minimum atomic E-state index is 0.406. The highest BCUT2D eigenvalue weighted by molar-refractivity contribution is 5.79. The van der Waals surface area contributed by atoms with Gasteiger partial charge in [0.25, 0.3) is 0 Å². The van der Waals surface area contributed by atoms with Crippen LogP contribution < -0.4 is 10.2 Å². The molecule has 1 saturated carbocycles. The summed E-state index contributed by atoms with van der Waals surface area (Å²) >= 11 is 0. The number of nitrogens with zero attached hydrogens (tertiary/aromatic N) is 5. The van der Waals surface area contributed by atoms with Crippen LogP contribution in [0.2, 0.25) is 0 Å². The maximum Gasteiger partial charge on any atom is 0.236 e. The minimum absolute atomic E-state index is 0.406. The molecule has 0 bridgehead atoms. The van der Waals surface area contributed by atoms with E-state index in [1.54, 1.807) is 0 Å². The van der Waals surface area contributed by atoms with Crippen LogP contribution in [0.1, 0.15) is 25.7 Å². The highest BCUT2D eigenvalue weighted by Gasteiger charge is 2.48. The Morgan fingerprint density at radius 3 is 2.59 bits per heavy atom. The molecule has 7 rings (SSSR count). The molecular weight excluding hydrogens is 400 g/mol. The smallest absolute Gasteiger partial charge is 0.236 e. The zero-order chi connectivity index (χ0) is 21.1. The van der Waals surface area contributed by atoms with Gasteiger partial charge in [0.2, 0.25) is 5.78 Å². The van der Waals surface area contributed by atoms with Gasteiger partial charge in [-0.1, -0.05) is 12.1 Å². The lowest BCUT2D eigenvalue weighted by Gasteiger charge is -2.57. The Kier molecular flexibility index (Phi) is 4.46. The predicted octanol–water partition coefficient (Wildman–Crippen LogP) is 2.55. The Balaban J connectivity index is 0.894. The van der Waals surface area contributed by atoms with Crippen molar-refractivity contribution in [2.24, 2.45) is 11.3 Å². The van der Waals surface area contributed by atoms with Gasteiger partial charge in [0.05, 0.1) is 23.2 Å². The largest absolute Gasteiger partial charge is 0.375 e. The number of fused-ring (bicyclic) bond motifs is 3. The molecule has 3 aliphatic heterocycles. The van der Waals surface area contributed by atoms with Crippen LogP contribution in [0.5, 0.6) is 0 Å². The van der Waals surface area contributed by atoms with Crippen LogP contribution in [0.25, 0.3) is 16.8 Å². The van der Waals surface area contributed by atoms with Gasteiger partial charge in [-0.15, -0.1) is 0 Å². The van der Waals surface area contributed by atoms with E-state index in [1.807, 2.05) is 18.2 Å². The van der Waals surface area contributed by atoms with E-state index in [2.05, 4.69) is 37.8 Å². The number of imidazole rings is 1. The summed E-state index contributed by atoms with van der Waals surface area (Å²) in [4.78, 5) is 14.6. The van der Waals surface area contributed by atoms with Gasteiger partial charge in [0.15, 0.2) is 0 Å². The maximum atomic E-state index is 6.47. The summed E-state index contributed by atoms with van der Waals surface area (Å²) in [6, 6.07) is 10.3. The van der Waals surface area contributed by atoms with Crippen molar-refractivity contribution in [3.05, 3.63) is 36.5 Å². The van der Waals surface area contributed by atoms with Crippen molar-refractivity contribution in [3.63, 3.8) is 0 Å². The van der Waals surface area contributed by atoms with E-state index in [1.165, 1.54) is 45.6 Å². The molecule has 1 aliphatic carbocycles. The second-order valence-electron chi connectivity index (χ2n) is 10.6. The summed E-state index contributed by atoms with van der Waals surface area (Å²) in [5, 5.41) is 3.43. The monoisotopic (exact) mass is 432 g/mol. The van der Waals surface area contributed by atoms with E-state index in [9.17, 15) is 0 Å². The van der Waals surface area contributed by atoms with Crippen LogP contribution in [0.4, 0.5) is 5.82 Å². The minimum Gasteiger partial charge on any atom is -0.375 e. The molecule has 0 radical (unpaired) electrons. The molecule has 7 heteroatoms. The molecule has 0 atom stereocenters. The highest BCUT2D eigenvalue weighted by Crippen LogP contribution is 2.39. The molecule has 4 aliphatic rings. The van der Waals surface area contributed by atoms with Gasteiger partial charge in [-0.3, -0.25) is 4.40 Å². The molecule has 0 unspecified atom stereocenters. The number of likely N-dealkylation sites (tertiary alicyclic amines) is 1. The van der Waals surface area contributed by atoms with E-state index in [0.717, 1.165) is 54.5 Å². The number of para-hydroxylation sites is 2. The fraction of sp³-hybridized carbons (Fsp3) is 0.600. The number of rotatable bonds is 5. The second kappa shape index (κ2) is 7.40. The third-order valence-corrected chi connectivity index (χ3v) is 8.14. The fourth-order valence-corrected chi connectivity index (χ4v) is 6.24. The number of anilines is 1. The van der Waals surface area contributed by atoms with Crippen LogP contribution in [-0.2, 0) is 4.74 Å². The first kappa shape index (κ1) is 19.3. The van der Waals surface area contributed by atoms with Crippen LogP contribution >= 0.6 is 0 Å². The third kappa shape index (κ3) is 3.29. The lowest BCUT2D eigenvalue weighted by molar-refractivity contribution is -0.106. The normalized spacial score (nSPS) is 28.1. The molecule has 5 heterocycles. The summed E-state index contributed by atoms with van der Waals surface area (Å²) < 4.78 is 8.54. The summed E-state index contributed by atoms with van der Waals surface area (Å²) in [6.45, 7) is 8.41. The SMILES string of the molecule is c1ccc2c(c1)nc1nc(N3CCC(OC4CC(CN5CC6(CNC6)C5)C4)CC3)ccn12. The maximum absolute atomic E-state index is 6.47. The van der Waals surface area contributed by atoms with Gasteiger partial charge in [-0.25, -0.2) is 4.98 Å². The summed E-state index contributed by atoms with van der Waals surface area (Å²) in [5.74, 6) is 2.67. The first-order valence-corrected chi connectivity index (χ1v) is 12.3. The van der Waals surface area contributed by atoms with Gasteiger partial charge in [0, 0.05) is 57.4 Å². The molecule has 4 fully saturated rings. The molecule has 168 valence electrons. The van der Waals surface area contributed by atoms with E-state index in [0.29, 0.717) is 17.6 Å². The number of hydrogen-bond donors (Lipinski definition) is 1. The molecule has 1 N–H and O–H groups in total. The number of hydrogen-bond acceptors (Lipinski definition) is 6. The van der Waals surface area contributed by atoms with Crippen LogP contribution in [0, 0.1) is 11.3 Å². The number of ether oxygens (including phenoxy) is 1. The summed E-state index contributed by atoms with van der Waals surface area (Å²) in [7, 11) is 0. The molecule has 32 heavy (non-hydrogen) atoms. The van der Waals surface area contributed by atoms with Crippen molar-refractivity contribution in [1.29, 1.82) is 0 Å². The van der Waals surface area contributed by atoms with Gasteiger partial charge < -0.3 is 19.9 Å². The third-order valence-electron chi connectivity index (χ3n) is 8.14. The molecule has 3 aromatic rings. The fourth-order valence-electron chi connectivity index (χ4n) is 6.24. The summed E-state index contributed by atoms with van der Waals surface area (Å²) in [6.07, 6.45) is 7.69. The standard InChI is InChI=1S/C25H32N6O/c1-2-4-22-21(3-1)27-24-28-23(7-10-31(22)24)30-8-5-19(6-9-30)32-20-11-18(12-20)13-29-16-25(17-29)14-26-15-25/h1-4,7,10,18-20,26H,5-6,8-9,11-17H2. The van der Waals surface area contributed by atoms with Crippen molar-refractivity contribution < 1.29 is 4.74 Å². The zero-order valence-electron chi connectivity index (χ0n) is 18.6. The topological polar surface area (TPSA) is 57.9 Å². The molecular formula is C25H32N6O. The number of benzene rings is 1. The zero-order valence-corrected chi connectivity index (χ0v) is 18.6. The predicted molar refractivity (Wildman–Crippen MR) is 125 cm³/mol. The second-order valence-corrected chi connectivity index (χ2v) is 10.6. The van der Waals surface area contributed by atoms with Crippen molar-refractivity contribution in [2.45, 2.75) is 37.9 Å². The number of piperidine rings is 1. The van der Waals surface area contributed by atoms with E-state index >= 15 is 0 Å². The Hall–Kier alpha value is -2.22. The Labute approximate surface area is 188 Å². The first-order chi connectivity index (χ1) is 15.7. The summed E-state index contributed by atoms with van der Waals surface area (Å²) in [5.41, 5.74) is 2.76. The van der Waals surface area contributed by atoms with Crippen LogP contribution in [0.15, 0.2) is 36.5 Å². The van der Waals surface area contributed by atoms with E-state index in [4.69, 9.17) is 14.7 Å². The molecule has 1 aromatic carbocycles. The van der Waals surface area contributed by atoms with Gasteiger partial charge in [0.1, 0.15) is 5.82 Å². The highest BCUT2D eigenvalue weighted by atomic mass is 16.5. The van der Waals surface area contributed by atoms with Gasteiger partial charge >= 0.3 is 0 Å².